The number of hydrogen-bond acceptors (Lipinski definition) is 4. The second-order valence-electron chi connectivity index (χ2n) is 5.90. The maximum Gasteiger partial charge on any atom is 0.119 e. The number of benzene rings is 1. The molecule has 0 aliphatic carbocycles. The molecule has 2 rings (SSSR count). The summed E-state index contributed by atoms with van der Waals surface area (Å²) in [7, 11) is 0. The normalized spacial score (nSPS) is 19.6. The third-order valence-electron chi connectivity index (χ3n) is 3.74. The molecule has 2 N–H and O–H groups in total. The number of nitrogens with zero attached hydrogens (tertiary/aromatic N) is 1. The van der Waals surface area contributed by atoms with Crippen molar-refractivity contribution < 1.29 is 4.74 Å². The molecular weight excluding hydrogens is 268 g/mol. The number of nitrogens with two attached hydrogens (primary N) is 1. The van der Waals surface area contributed by atoms with Crippen molar-refractivity contribution in [2.75, 3.05) is 32.0 Å². The van der Waals surface area contributed by atoms with Crippen molar-refractivity contribution in [3.8, 4) is 5.75 Å². The number of ether oxygens (including phenoxy) is 1. The molecule has 1 saturated heterocycles. The van der Waals surface area contributed by atoms with E-state index in [-0.39, 0.29) is 0 Å². The van der Waals surface area contributed by atoms with E-state index in [1.54, 1.807) is 0 Å². The zero-order chi connectivity index (χ0) is 14.4. The number of thioether (sulfide) groups is 1. The molecule has 0 amide bonds. The van der Waals surface area contributed by atoms with Crippen LogP contribution in [0.1, 0.15) is 25.8 Å². The summed E-state index contributed by atoms with van der Waals surface area (Å²) in [6.45, 7) is 9.34. The van der Waals surface area contributed by atoms with Gasteiger partial charge in [-0.05, 0) is 30.7 Å². The standard InChI is InChI=1S/C16H26N2OS/c1-16(2)6-7-18(9-11-20-16)8-10-19-15-5-3-4-14(12-15)13-17/h3-5,12H,6-11,13,17H2,1-2H3. The van der Waals surface area contributed by atoms with Crippen molar-refractivity contribution in [1.82, 2.24) is 4.90 Å². The van der Waals surface area contributed by atoms with Crippen molar-refractivity contribution in [3.63, 3.8) is 0 Å². The summed E-state index contributed by atoms with van der Waals surface area (Å²) in [4.78, 5) is 2.51. The van der Waals surface area contributed by atoms with Crippen LogP contribution in [-0.2, 0) is 6.54 Å². The smallest absolute Gasteiger partial charge is 0.119 e. The summed E-state index contributed by atoms with van der Waals surface area (Å²) < 4.78 is 6.26. The van der Waals surface area contributed by atoms with Crippen LogP contribution in [0.2, 0.25) is 0 Å². The van der Waals surface area contributed by atoms with Crippen LogP contribution >= 0.6 is 11.8 Å². The average molecular weight is 294 g/mol. The fraction of sp³-hybridized carbons (Fsp3) is 0.625. The average Bonchev–Trinajstić information content (AvgIpc) is 2.60. The highest BCUT2D eigenvalue weighted by atomic mass is 32.2. The van der Waals surface area contributed by atoms with Gasteiger partial charge in [-0.2, -0.15) is 11.8 Å². The van der Waals surface area contributed by atoms with Crippen LogP contribution in [0.3, 0.4) is 0 Å². The molecule has 0 aromatic heterocycles. The molecule has 0 radical (unpaired) electrons. The van der Waals surface area contributed by atoms with Gasteiger partial charge in [-0.1, -0.05) is 26.0 Å². The monoisotopic (exact) mass is 294 g/mol. The van der Waals surface area contributed by atoms with E-state index >= 15 is 0 Å². The van der Waals surface area contributed by atoms with Crippen molar-refractivity contribution in [1.29, 1.82) is 0 Å². The molecule has 0 bridgehead atoms. The third-order valence-corrected chi connectivity index (χ3v) is 5.11. The second-order valence-corrected chi connectivity index (χ2v) is 7.70. The molecule has 0 saturated carbocycles. The number of rotatable bonds is 5. The summed E-state index contributed by atoms with van der Waals surface area (Å²) in [6, 6.07) is 8.06. The lowest BCUT2D eigenvalue weighted by Crippen LogP contribution is -2.31. The van der Waals surface area contributed by atoms with E-state index in [1.807, 2.05) is 24.3 Å². The Balaban J connectivity index is 1.75. The first-order chi connectivity index (χ1) is 9.59. The lowest BCUT2D eigenvalue weighted by atomic mass is 10.1. The van der Waals surface area contributed by atoms with Gasteiger partial charge in [0, 0.05) is 30.1 Å². The van der Waals surface area contributed by atoms with Crippen LogP contribution in [0.5, 0.6) is 5.75 Å². The Bertz CT molecular complexity index is 423. The van der Waals surface area contributed by atoms with Crippen LogP contribution in [0.4, 0.5) is 0 Å². The molecule has 4 heteroatoms. The topological polar surface area (TPSA) is 38.5 Å². The Labute approximate surface area is 126 Å². The van der Waals surface area contributed by atoms with Crippen LogP contribution < -0.4 is 10.5 Å². The van der Waals surface area contributed by atoms with Crippen LogP contribution in [0.15, 0.2) is 24.3 Å². The molecule has 3 nitrogen and oxygen atoms in total. The SMILES string of the molecule is CC1(C)CCN(CCOc2cccc(CN)c2)CCS1. The Hall–Kier alpha value is -0.710. The summed E-state index contributed by atoms with van der Waals surface area (Å²) in [5.74, 6) is 2.15. The van der Waals surface area contributed by atoms with Gasteiger partial charge < -0.3 is 10.5 Å². The zero-order valence-electron chi connectivity index (χ0n) is 12.6. The van der Waals surface area contributed by atoms with E-state index in [0.717, 1.165) is 24.5 Å². The molecule has 112 valence electrons. The van der Waals surface area contributed by atoms with Gasteiger partial charge in [0.15, 0.2) is 0 Å². The summed E-state index contributed by atoms with van der Waals surface area (Å²) in [5, 5.41) is 0. The van der Waals surface area contributed by atoms with Crippen molar-refractivity contribution in [3.05, 3.63) is 29.8 Å². The molecule has 0 spiro atoms. The van der Waals surface area contributed by atoms with Gasteiger partial charge in [-0.3, -0.25) is 4.90 Å². The van der Waals surface area contributed by atoms with Crippen LogP contribution in [0.25, 0.3) is 0 Å². The Kier molecular flexibility index (Phi) is 5.75. The largest absolute Gasteiger partial charge is 0.492 e. The zero-order valence-corrected chi connectivity index (χ0v) is 13.4. The lowest BCUT2D eigenvalue weighted by Gasteiger charge is -2.22. The van der Waals surface area contributed by atoms with Gasteiger partial charge in [-0.15, -0.1) is 0 Å². The van der Waals surface area contributed by atoms with Gasteiger partial charge in [-0.25, -0.2) is 0 Å². The van der Waals surface area contributed by atoms with E-state index in [9.17, 15) is 0 Å². The van der Waals surface area contributed by atoms with Crippen LogP contribution in [0, 0.1) is 0 Å². The second kappa shape index (κ2) is 7.34. The van der Waals surface area contributed by atoms with Crippen LogP contribution in [-0.4, -0.2) is 41.6 Å². The molecule has 0 atom stereocenters. The van der Waals surface area contributed by atoms with E-state index in [2.05, 4.69) is 30.5 Å². The highest BCUT2D eigenvalue weighted by Gasteiger charge is 2.23. The van der Waals surface area contributed by atoms with Gasteiger partial charge in [0.1, 0.15) is 12.4 Å². The third kappa shape index (κ3) is 5.00. The predicted octanol–water partition coefficient (Wildman–Crippen LogP) is 2.74. The first kappa shape index (κ1) is 15.7. The minimum absolute atomic E-state index is 0.422. The fourth-order valence-corrected chi connectivity index (χ4v) is 3.48. The van der Waals surface area contributed by atoms with Crippen molar-refractivity contribution in [2.24, 2.45) is 5.73 Å². The maximum absolute atomic E-state index is 5.84. The molecule has 1 aliphatic heterocycles. The minimum Gasteiger partial charge on any atom is -0.492 e. The number of hydrogen-bond donors (Lipinski definition) is 1. The molecule has 20 heavy (non-hydrogen) atoms. The van der Waals surface area contributed by atoms with E-state index in [0.29, 0.717) is 11.3 Å². The first-order valence-corrected chi connectivity index (χ1v) is 8.36. The highest BCUT2D eigenvalue weighted by Crippen LogP contribution is 2.30. The Morgan fingerprint density at radius 2 is 2.20 bits per heavy atom. The summed E-state index contributed by atoms with van der Waals surface area (Å²) >= 11 is 2.08. The summed E-state index contributed by atoms with van der Waals surface area (Å²) in [6.07, 6.45) is 1.25. The van der Waals surface area contributed by atoms with Crippen molar-refractivity contribution in [2.45, 2.75) is 31.6 Å². The van der Waals surface area contributed by atoms with Gasteiger partial charge in [0.25, 0.3) is 0 Å². The van der Waals surface area contributed by atoms with Crippen molar-refractivity contribution >= 4 is 11.8 Å². The van der Waals surface area contributed by atoms with E-state index < -0.39 is 0 Å². The molecule has 1 aromatic carbocycles. The molecule has 1 aromatic rings. The Morgan fingerprint density at radius 1 is 1.35 bits per heavy atom. The molecule has 1 heterocycles. The predicted molar refractivity (Wildman–Crippen MR) is 87.4 cm³/mol. The first-order valence-electron chi connectivity index (χ1n) is 7.37. The highest BCUT2D eigenvalue weighted by molar-refractivity contribution is 8.00. The molecule has 1 aliphatic rings. The van der Waals surface area contributed by atoms with Gasteiger partial charge in [0.2, 0.25) is 0 Å². The molecule has 1 fully saturated rings. The minimum atomic E-state index is 0.422. The fourth-order valence-electron chi connectivity index (χ4n) is 2.34. The lowest BCUT2D eigenvalue weighted by molar-refractivity contribution is 0.214. The summed E-state index contributed by atoms with van der Waals surface area (Å²) in [5.41, 5.74) is 6.76. The molecule has 0 unspecified atom stereocenters. The maximum atomic E-state index is 5.84. The van der Waals surface area contributed by atoms with Gasteiger partial charge >= 0.3 is 0 Å². The van der Waals surface area contributed by atoms with Gasteiger partial charge in [0.05, 0.1) is 0 Å². The molecular formula is C16H26N2OS. The Morgan fingerprint density at radius 3 is 3.00 bits per heavy atom. The quantitative estimate of drug-likeness (QED) is 0.906. The van der Waals surface area contributed by atoms with E-state index in [4.69, 9.17) is 10.5 Å². The van der Waals surface area contributed by atoms with E-state index in [1.165, 1.54) is 25.3 Å².